The molecule has 0 rings (SSSR count). The van der Waals surface area contributed by atoms with Crippen LogP contribution in [0, 0.1) is 6.92 Å². The summed E-state index contributed by atoms with van der Waals surface area (Å²) in [5, 5.41) is 0. The number of amides is 1. The van der Waals surface area contributed by atoms with Gasteiger partial charge in [-0.2, -0.15) is 0 Å². The second kappa shape index (κ2) is 11.5. The molecule has 1 amide bonds. The van der Waals surface area contributed by atoms with E-state index < -0.39 is 0 Å². The maximum atomic E-state index is 10.5. The first-order valence-electron chi connectivity index (χ1n) is 6.35. The molecule has 0 aliphatic rings. The van der Waals surface area contributed by atoms with Gasteiger partial charge in [0, 0.05) is 6.42 Å². The number of hydrogen-bond donors (Lipinski definition) is 1. The van der Waals surface area contributed by atoms with Crippen molar-refractivity contribution in [3.05, 3.63) is 6.92 Å². The van der Waals surface area contributed by atoms with Crippen LogP contribution in [0.2, 0.25) is 0 Å². The van der Waals surface area contributed by atoms with Gasteiger partial charge in [-0.25, -0.2) is 0 Å². The predicted octanol–water partition coefficient (Wildman–Crippen LogP) is 3.60. The second-order valence-electron chi connectivity index (χ2n) is 4.25. The number of carbonyl (C=O) groups is 1. The zero-order valence-corrected chi connectivity index (χ0v) is 9.97. The summed E-state index contributed by atoms with van der Waals surface area (Å²) in [6.07, 6.45) is 13.0. The van der Waals surface area contributed by atoms with Crippen LogP contribution in [0.25, 0.3) is 0 Å². The van der Waals surface area contributed by atoms with Crippen molar-refractivity contribution in [2.45, 2.75) is 70.6 Å². The molecule has 0 saturated heterocycles. The maximum absolute atomic E-state index is 10.5. The molecule has 0 fully saturated rings. The van der Waals surface area contributed by atoms with Gasteiger partial charge in [-0.15, -0.1) is 0 Å². The highest BCUT2D eigenvalue weighted by Crippen LogP contribution is 2.10. The van der Waals surface area contributed by atoms with Crippen LogP contribution in [0.15, 0.2) is 0 Å². The van der Waals surface area contributed by atoms with Crippen LogP contribution in [-0.2, 0) is 4.79 Å². The van der Waals surface area contributed by atoms with Gasteiger partial charge in [-0.05, 0) is 6.42 Å². The van der Waals surface area contributed by atoms with Crippen LogP contribution in [0.3, 0.4) is 0 Å². The number of hydrogen-bond acceptors (Lipinski definition) is 1. The Bertz CT molecular complexity index is 145. The fourth-order valence-electron chi connectivity index (χ4n) is 1.71. The summed E-state index contributed by atoms with van der Waals surface area (Å²) in [7, 11) is 0. The maximum Gasteiger partial charge on any atom is 0.217 e. The van der Waals surface area contributed by atoms with E-state index in [-0.39, 0.29) is 5.91 Å². The van der Waals surface area contributed by atoms with Crippen molar-refractivity contribution >= 4 is 5.91 Å². The number of rotatable bonds is 11. The Hall–Kier alpha value is -0.530. The van der Waals surface area contributed by atoms with Crippen LogP contribution in [0.5, 0.6) is 0 Å². The van der Waals surface area contributed by atoms with E-state index in [0.29, 0.717) is 6.42 Å². The minimum atomic E-state index is -0.164. The molecule has 15 heavy (non-hydrogen) atoms. The lowest BCUT2D eigenvalue weighted by molar-refractivity contribution is -0.118. The van der Waals surface area contributed by atoms with Crippen molar-refractivity contribution in [3.63, 3.8) is 0 Å². The van der Waals surface area contributed by atoms with Gasteiger partial charge in [0.1, 0.15) is 0 Å². The highest BCUT2D eigenvalue weighted by molar-refractivity contribution is 5.73. The Balaban J connectivity index is 2.89. The van der Waals surface area contributed by atoms with Crippen LogP contribution in [0.1, 0.15) is 70.6 Å². The number of primary amides is 1. The summed E-state index contributed by atoms with van der Waals surface area (Å²) in [6.45, 7) is 3.83. The molecule has 0 spiro atoms. The molecule has 0 aliphatic heterocycles. The summed E-state index contributed by atoms with van der Waals surface area (Å²) in [6, 6.07) is 0. The van der Waals surface area contributed by atoms with Crippen LogP contribution >= 0.6 is 0 Å². The summed E-state index contributed by atoms with van der Waals surface area (Å²) in [5.74, 6) is -0.164. The van der Waals surface area contributed by atoms with Crippen molar-refractivity contribution in [1.29, 1.82) is 0 Å². The van der Waals surface area contributed by atoms with Gasteiger partial charge in [-0.1, -0.05) is 64.7 Å². The fraction of sp³-hybridized carbons (Fsp3) is 0.846. The van der Waals surface area contributed by atoms with Gasteiger partial charge in [0.15, 0.2) is 0 Å². The molecule has 2 nitrogen and oxygen atoms in total. The van der Waals surface area contributed by atoms with E-state index in [4.69, 9.17) is 5.73 Å². The zero-order valence-electron chi connectivity index (χ0n) is 9.97. The average molecular weight is 212 g/mol. The number of nitrogens with two attached hydrogens (primary N) is 1. The third-order valence-corrected chi connectivity index (χ3v) is 2.67. The Morgan fingerprint density at radius 3 is 1.60 bits per heavy atom. The van der Waals surface area contributed by atoms with Gasteiger partial charge >= 0.3 is 0 Å². The van der Waals surface area contributed by atoms with Crippen molar-refractivity contribution in [1.82, 2.24) is 0 Å². The molecular weight excluding hydrogens is 186 g/mol. The molecule has 0 aliphatic carbocycles. The van der Waals surface area contributed by atoms with E-state index in [1.54, 1.807) is 0 Å². The molecule has 0 aromatic heterocycles. The lowest BCUT2D eigenvalue weighted by Crippen LogP contribution is -2.09. The lowest BCUT2D eigenvalue weighted by atomic mass is 10.1. The van der Waals surface area contributed by atoms with Crippen molar-refractivity contribution in [2.75, 3.05) is 0 Å². The Morgan fingerprint density at radius 2 is 1.20 bits per heavy atom. The van der Waals surface area contributed by atoms with Crippen LogP contribution in [0.4, 0.5) is 0 Å². The second-order valence-corrected chi connectivity index (χ2v) is 4.25. The van der Waals surface area contributed by atoms with E-state index in [1.165, 1.54) is 44.9 Å². The molecule has 0 aromatic carbocycles. The first-order valence-corrected chi connectivity index (χ1v) is 6.35. The largest absolute Gasteiger partial charge is 0.370 e. The zero-order chi connectivity index (χ0) is 11.4. The summed E-state index contributed by atoms with van der Waals surface area (Å²) in [4.78, 5) is 10.5. The molecule has 0 bridgehead atoms. The summed E-state index contributed by atoms with van der Waals surface area (Å²) < 4.78 is 0. The molecule has 0 atom stereocenters. The van der Waals surface area contributed by atoms with Gasteiger partial charge in [-0.3, -0.25) is 4.79 Å². The SMILES string of the molecule is [CH2]CCCCCCCCCCCC(N)=O. The molecule has 0 aromatic rings. The molecule has 0 saturated carbocycles. The Kier molecular flexibility index (Phi) is 11.1. The number of unbranched alkanes of at least 4 members (excludes halogenated alkanes) is 9. The predicted molar refractivity (Wildman–Crippen MR) is 65.3 cm³/mol. The fourth-order valence-corrected chi connectivity index (χ4v) is 1.71. The average Bonchev–Trinajstić information content (AvgIpc) is 2.20. The van der Waals surface area contributed by atoms with Crippen LogP contribution < -0.4 is 5.73 Å². The molecular formula is C13H26NO. The van der Waals surface area contributed by atoms with Crippen molar-refractivity contribution < 1.29 is 4.79 Å². The van der Waals surface area contributed by atoms with E-state index >= 15 is 0 Å². The molecule has 89 valence electrons. The smallest absolute Gasteiger partial charge is 0.217 e. The van der Waals surface area contributed by atoms with Gasteiger partial charge in [0.25, 0.3) is 0 Å². The van der Waals surface area contributed by atoms with Crippen molar-refractivity contribution in [2.24, 2.45) is 5.73 Å². The van der Waals surface area contributed by atoms with Gasteiger partial charge < -0.3 is 5.73 Å². The minimum Gasteiger partial charge on any atom is -0.370 e. The Labute approximate surface area is 94.6 Å². The molecule has 2 heteroatoms. The number of carbonyl (C=O) groups excluding carboxylic acids is 1. The molecule has 0 heterocycles. The lowest BCUT2D eigenvalue weighted by Gasteiger charge is -2.01. The molecule has 2 N–H and O–H groups in total. The highest BCUT2D eigenvalue weighted by Gasteiger charge is 1.95. The van der Waals surface area contributed by atoms with E-state index in [0.717, 1.165) is 19.3 Å². The minimum absolute atomic E-state index is 0.164. The molecule has 1 radical (unpaired) electrons. The van der Waals surface area contributed by atoms with Gasteiger partial charge in [0.05, 0.1) is 0 Å². The first-order chi connectivity index (χ1) is 7.27. The first kappa shape index (κ1) is 14.5. The van der Waals surface area contributed by atoms with Gasteiger partial charge in [0.2, 0.25) is 5.91 Å². The standard InChI is InChI=1S/C13H26NO/c1-2-3-4-5-6-7-8-9-10-11-12-13(14)15/h1-12H2,(H2,14,15). The highest BCUT2D eigenvalue weighted by atomic mass is 16.1. The van der Waals surface area contributed by atoms with E-state index in [1.807, 2.05) is 0 Å². The quantitative estimate of drug-likeness (QED) is 0.522. The van der Waals surface area contributed by atoms with E-state index in [9.17, 15) is 4.79 Å². The van der Waals surface area contributed by atoms with Crippen molar-refractivity contribution in [3.8, 4) is 0 Å². The normalized spacial score (nSPS) is 10.5. The third-order valence-electron chi connectivity index (χ3n) is 2.67. The third kappa shape index (κ3) is 13.5. The topological polar surface area (TPSA) is 43.1 Å². The van der Waals surface area contributed by atoms with E-state index in [2.05, 4.69) is 6.92 Å². The Morgan fingerprint density at radius 1 is 0.800 bits per heavy atom. The summed E-state index contributed by atoms with van der Waals surface area (Å²) >= 11 is 0. The van der Waals surface area contributed by atoms with Crippen LogP contribution in [-0.4, -0.2) is 5.91 Å². The molecule has 0 unspecified atom stereocenters. The monoisotopic (exact) mass is 212 g/mol. The summed E-state index contributed by atoms with van der Waals surface area (Å²) in [5.41, 5.74) is 5.06.